The molecule has 1 unspecified atom stereocenters. The molecule has 0 aliphatic rings. The van der Waals surface area contributed by atoms with Gasteiger partial charge in [0.15, 0.2) is 11.5 Å². The van der Waals surface area contributed by atoms with Gasteiger partial charge in [-0.05, 0) is 48.4 Å². The number of halogens is 2. The molecular formula is C25H23Cl2N3O3. The Kier molecular flexibility index (Phi) is 7.06. The Labute approximate surface area is 201 Å². The third-order valence-corrected chi connectivity index (χ3v) is 5.90. The molecule has 2 heterocycles. The van der Waals surface area contributed by atoms with E-state index in [1.165, 1.54) is 0 Å². The first-order valence-corrected chi connectivity index (χ1v) is 11.2. The lowest BCUT2D eigenvalue weighted by Crippen LogP contribution is -2.29. The van der Waals surface area contributed by atoms with Crippen molar-refractivity contribution in [1.29, 1.82) is 0 Å². The smallest absolute Gasteiger partial charge is 0.271 e. The number of H-pyrrole nitrogens is 1. The second-order valence-electron chi connectivity index (χ2n) is 7.36. The Bertz CT molecular complexity index is 1290. The molecule has 1 amide bonds. The van der Waals surface area contributed by atoms with E-state index in [1.54, 1.807) is 19.2 Å². The van der Waals surface area contributed by atoms with Crippen LogP contribution in [0, 0.1) is 0 Å². The molecule has 0 radical (unpaired) electrons. The molecule has 2 aromatic carbocycles. The maximum Gasteiger partial charge on any atom is 0.271 e. The van der Waals surface area contributed by atoms with Crippen molar-refractivity contribution < 1.29 is 14.3 Å². The molecule has 4 aromatic rings. The van der Waals surface area contributed by atoms with Crippen molar-refractivity contribution in [3.8, 4) is 11.5 Å². The van der Waals surface area contributed by atoms with Gasteiger partial charge in [0.2, 0.25) is 0 Å². The summed E-state index contributed by atoms with van der Waals surface area (Å²) < 4.78 is 11.2. The molecule has 0 aliphatic heterocycles. The van der Waals surface area contributed by atoms with Gasteiger partial charge in [-0.1, -0.05) is 47.5 Å². The third-order valence-electron chi connectivity index (χ3n) is 5.38. The highest BCUT2D eigenvalue weighted by Crippen LogP contribution is 2.36. The highest BCUT2D eigenvalue weighted by molar-refractivity contribution is 6.34. The van der Waals surface area contributed by atoms with E-state index >= 15 is 0 Å². The van der Waals surface area contributed by atoms with E-state index in [9.17, 15) is 4.79 Å². The standard InChI is InChI=1S/C25H23Cl2N3O3/c1-3-33-21-10-8-15(12-22(21)32-2)17(18-14-28-20-7-5-4-6-16(18)20)13-29-25(31)24-19(26)9-11-23(27)30-24/h4-12,14,17,28H,3,13H2,1-2H3,(H,29,31). The Hall–Kier alpha value is -3.22. The number of carbonyl (C=O) groups is 1. The maximum absolute atomic E-state index is 12.9. The Morgan fingerprint density at radius 2 is 1.94 bits per heavy atom. The number of ether oxygens (including phenoxy) is 2. The summed E-state index contributed by atoms with van der Waals surface area (Å²) in [6, 6.07) is 16.9. The highest BCUT2D eigenvalue weighted by atomic mass is 35.5. The van der Waals surface area contributed by atoms with Crippen molar-refractivity contribution in [2.45, 2.75) is 12.8 Å². The van der Waals surface area contributed by atoms with Gasteiger partial charge in [0.05, 0.1) is 18.7 Å². The monoisotopic (exact) mass is 483 g/mol. The van der Waals surface area contributed by atoms with E-state index in [4.69, 9.17) is 32.7 Å². The van der Waals surface area contributed by atoms with Crippen molar-refractivity contribution in [3.05, 3.63) is 87.8 Å². The lowest BCUT2D eigenvalue weighted by molar-refractivity contribution is 0.0947. The summed E-state index contributed by atoms with van der Waals surface area (Å²) in [6.45, 7) is 2.76. The number of hydrogen-bond donors (Lipinski definition) is 2. The van der Waals surface area contributed by atoms with Crippen LogP contribution in [0.15, 0.2) is 60.8 Å². The van der Waals surface area contributed by atoms with Crippen LogP contribution in [0.3, 0.4) is 0 Å². The molecule has 0 saturated carbocycles. The SMILES string of the molecule is CCOc1ccc(C(CNC(=O)c2nc(Cl)ccc2Cl)c2c[nH]c3ccccc23)cc1OC. The van der Waals surface area contributed by atoms with Crippen LogP contribution in [-0.2, 0) is 0 Å². The summed E-state index contributed by atoms with van der Waals surface area (Å²) in [5, 5.41) is 4.48. The number of amides is 1. The molecule has 0 aliphatic carbocycles. The minimum Gasteiger partial charge on any atom is -0.493 e. The first-order valence-electron chi connectivity index (χ1n) is 10.5. The largest absolute Gasteiger partial charge is 0.493 e. The van der Waals surface area contributed by atoms with Gasteiger partial charge in [0.25, 0.3) is 5.91 Å². The summed E-state index contributed by atoms with van der Waals surface area (Å²) >= 11 is 12.1. The van der Waals surface area contributed by atoms with Gasteiger partial charge in [-0.2, -0.15) is 0 Å². The van der Waals surface area contributed by atoms with Crippen LogP contribution in [0.2, 0.25) is 10.2 Å². The fourth-order valence-corrected chi connectivity index (χ4v) is 4.16. The molecule has 0 spiro atoms. The fourth-order valence-electron chi connectivity index (χ4n) is 3.82. The zero-order chi connectivity index (χ0) is 23.4. The molecule has 33 heavy (non-hydrogen) atoms. The third kappa shape index (κ3) is 4.92. The summed E-state index contributed by atoms with van der Waals surface area (Å²) in [5.41, 5.74) is 3.11. The normalized spacial score (nSPS) is 11.9. The molecule has 2 N–H and O–H groups in total. The number of benzene rings is 2. The Balaban J connectivity index is 1.71. The molecule has 1 atom stereocenters. The van der Waals surface area contributed by atoms with Crippen LogP contribution in [0.5, 0.6) is 11.5 Å². The first kappa shape index (κ1) is 23.0. The number of carbonyl (C=O) groups excluding carboxylic acids is 1. The van der Waals surface area contributed by atoms with E-state index in [0.717, 1.165) is 22.0 Å². The molecule has 0 fully saturated rings. The minimum absolute atomic E-state index is 0.0890. The molecule has 8 heteroatoms. The zero-order valence-corrected chi connectivity index (χ0v) is 19.7. The van der Waals surface area contributed by atoms with Crippen molar-refractivity contribution in [2.75, 3.05) is 20.3 Å². The van der Waals surface area contributed by atoms with E-state index < -0.39 is 5.91 Å². The summed E-state index contributed by atoms with van der Waals surface area (Å²) in [5.74, 6) is 0.725. The molecule has 6 nitrogen and oxygen atoms in total. The minimum atomic E-state index is -0.398. The number of pyridine rings is 1. The fraction of sp³-hybridized carbons (Fsp3) is 0.200. The summed E-state index contributed by atoms with van der Waals surface area (Å²) in [6.07, 6.45) is 1.97. The zero-order valence-electron chi connectivity index (χ0n) is 18.2. The van der Waals surface area contributed by atoms with Gasteiger partial charge >= 0.3 is 0 Å². The van der Waals surface area contributed by atoms with Crippen molar-refractivity contribution in [2.24, 2.45) is 0 Å². The number of methoxy groups -OCH3 is 1. The maximum atomic E-state index is 12.9. The van der Waals surface area contributed by atoms with Crippen molar-refractivity contribution >= 4 is 40.0 Å². The van der Waals surface area contributed by atoms with Crippen LogP contribution in [0.4, 0.5) is 0 Å². The average Bonchev–Trinajstić information content (AvgIpc) is 3.25. The Morgan fingerprint density at radius 3 is 2.73 bits per heavy atom. The lowest BCUT2D eigenvalue weighted by atomic mass is 9.90. The topological polar surface area (TPSA) is 76.2 Å². The van der Waals surface area contributed by atoms with E-state index in [2.05, 4.69) is 21.4 Å². The van der Waals surface area contributed by atoms with Gasteiger partial charge < -0.3 is 19.8 Å². The van der Waals surface area contributed by atoms with Crippen molar-refractivity contribution in [3.63, 3.8) is 0 Å². The first-order chi connectivity index (χ1) is 16.0. The van der Waals surface area contributed by atoms with Crippen LogP contribution in [-0.4, -0.2) is 36.1 Å². The van der Waals surface area contributed by atoms with Crippen LogP contribution in [0.1, 0.15) is 34.5 Å². The van der Waals surface area contributed by atoms with Crippen LogP contribution >= 0.6 is 23.2 Å². The number of para-hydroxylation sites is 1. The molecular weight excluding hydrogens is 461 g/mol. The molecule has 0 saturated heterocycles. The van der Waals surface area contributed by atoms with Crippen LogP contribution in [0.25, 0.3) is 10.9 Å². The number of aromatic amines is 1. The molecule has 2 aromatic heterocycles. The van der Waals surface area contributed by atoms with E-state index in [0.29, 0.717) is 24.7 Å². The van der Waals surface area contributed by atoms with Gasteiger partial charge in [-0.3, -0.25) is 4.79 Å². The quantitative estimate of drug-likeness (QED) is 0.308. The summed E-state index contributed by atoms with van der Waals surface area (Å²) in [4.78, 5) is 20.3. The number of hydrogen-bond acceptors (Lipinski definition) is 4. The Morgan fingerprint density at radius 1 is 1.12 bits per heavy atom. The van der Waals surface area contributed by atoms with Gasteiger partial charge in [0, 0.05) is 29.6 Å². The van der Waals surface area contributed by atoms with E-state index in [-0.39, 0.29) is 21.8 Å². The van der Waals surface area contributed by atoms with Gasteiger partial charge in [0.1, 0.15) is 10.8 Å². The predicted molar refractivity (Wildman–Crippen MR) is 131 cm³/mol. The lowest BCUT2D eigenvalue weighted by Gasteiger charge is -2.20. The summed E-state index contributed by atoms with van der Waals surface area (Å²) in [7, 11) is 1.61. The van der Waals surface area contributed by atoms with Gasteiger partial charge in [-0.25, -0.2) is 4.98 Å². The number of nitrogens with zero attached hydrogens (tertiary/aromatic N) is 1. The highest BCUT2D eigenvalue weighted by Gasteiger charge is 2.22. The van der Waals surface area contributed by atoms with Gasteiger partial charge in [-0.15, -0.1) is 0 Å². The van der Waals surface area contributed by atoms with Crippen LogP contribution < -0.4 is 14.8 Å². The number of aromatic nitrogens is 2. The van der Waals surface area contributed by atoms with E-state index in [1.807, 2.05) is 49.5 Å². The number of rotatable bonds is 8. The molecule has 4 rings (SSSR count). The van der Waals surface area contributed by atoms with Crippen molar-refractivity contribution in [1.82, 2.24) is 15.3 Å². The number of fused-ring (bicyclic) bond motifs is 1. The molecule has 0 bridgehead atoms. The second-order valence-corrected chi connectivity index (χ2v) is 8.15. The molecule has 170 valence electrons. The number of nitrogens with one attached hydrogen (secondary N) is 2. The average molecular weight is 484 g/mol. The predicted octanol–water partition coefficient (Wildman–Crippen LogP) is 5.84. The second kappa shape index (κ2) is 10.1.